The van der Waals surface area contributed by atoms with Gasteiger partial charge in [-0.25, -0.2) is 8.42 Å². The van der Waals surface area contributed by atoms with Gasteiger partial charge in [0, 0.05) is 13.8 Å². The van der Waals surface area contributed by atoms with Crippen molar-refractivity contribution in [2.45, 2.75) is 106 Å². The van der Waals surface area contributed by atoms with Crippen LogP contribution in [-0.2, 0) is 47.9 Å². The molecule has 3 heterocycles. The van der Waals surface area contributed by atoms with E-state index in [9.17, 15) is 63.4 Å². The topological polar surface area (TPSA) is 333 Å². The Hall–Kier alpha value is -0.710. The smallest absolute Gasteiger partial charge is 0.726 e. The molecule has 0 bridgehead atoms. The van der Waals surface area contributed by atoms with Crippen molar-refractivity contribution in [3.8, 4) is 0 Å². The Morgan fingerprint density at radius 2 is 1.27 bits per heavy atom. The van der Waals surface area contributed by atoms with Crippen LogP contribution in [0.4, 0.5) is 0 Å². The van der Waals surface area contributed by atoms with Crippen LogP contribution in [0.15, 0.2) is 0 Å². The third-order valence-electron chi connectivity index (χ3n) is 7.07. The summed E-state index contributed by atoms with van der Waals surface area (Å²) in [7, 11) is -5.26. The number of hydrogen-bond donors (Lipinski definition) is 10. The fraction of sp³-hybridized carbons (Fsp3) is 0.909. The van der Waals surface area contributed by atoms with E-state index < -0.39 is 134 Å². The Balaban J connectivity index is 0.00000705. The van der Waals surface area contributed by atoms with Gasteiger partial charge in [0.1, 0.15) is 73.1 Å². The summed E-state index contributed by atoms with van der Waals surface area (Å²) in [5.74, 6) is -1.39. The zero-order valence-corrected chi connectivity index (χ0v) is 27.1. The summed E-state index contributed by atoms with van der Waals surface area (Å²) in [5, 5.41) is 87.4. The molecule has 0 aliphatic carbocycles. The van der Waals surface area contributed by atoms with Gasteiger partial charge in [0.2, 0.25) is 22.2 Å². The van der Waals surface area contributed by atoms with Crippen LogP contribution in [0.1, 0.15) is 13.8 Å². The first-order valence-electron chi connectivity index (χ1n) is 13.2. The molecule has 21 nitrogen and oxygen atoms in total. The zero-order valence-electron chi connectivity index (χ0n) is 24.3. The molecule has 0 radical (unpaired) electrons. The minimum atomic E-state index is -5.26. The standard InChI is InChI=1S/C22H38N2O19S.Na/c1-6(26)23-11-16(31)13(28)8(3-25)41-21(11)38-4-9-15(30)19(12(20(34)40-9)24-7(2)27)43-22-18(33)17(32)14(29)10(42-22)5-39-44(35,36)37;/h8-22,25,28-34H,3-5H2,1-2H3,(H,23,26)(H,24,27)(H,35,36,37);/q;+1/p-1/t8-,9-,10-,11-,12-,13+,14-,15+,16-,17+,18-,19-,20-,21-,22+;/m1./s1. The second-order valence-corrected chi connectivity index (χ2v) is 11.4. The van der Waals surface area contributed by atoms with E-state index in [1.165, 1.54) is 0 Å². The molecule has 3 aliphatic rings. The van der Waals surface area contributed by atoms with Crippen molar-refractivity contribution in [1.29, 1.82) is 0 Å². The van der Waals surface area contributed by atoms with Crippen LogP contribution in [-0.4, -0.2) is 177 Å². The fourth-order valence-corrected chi connectivity index (χ4v) is 5.20. The van der Waals surface area contributed by atoms with Gasteiger partial charge in [0.05, 0.1) is 19.8 Å². The largest absolute Gasteiger partial charge is 1.00 e. The minimum Gasteiger partial charge on any atom is -0.726 e. The van der Waals surface area contributed by atoms with Gasteiger partial charge in [-0.05, 0) is 0 Å². The molecular weight excluding hydrogens is 651 g/mol. The average Bonchev–Trinajstić information content (AvgIpc) is 2.93. The van der Waals surface area contributed by atoms with Crippen LogP contribution in [0.5, 0.6) is 0 Å². The Kier molecular flexibility index (Phi) is 15.4. The molecule has 15 atom stereocenters. The number of ether oxygens (including phenoxy) is 5. The predicted octanol–water partition coefficient (Wildman–Crippen LogP) is -10.8. The van der Waals surface area contributed by atoms with Gasteiger partial charge in [-0.15, -0.1) is 0 Å². The average molecular weight is 689 g/mol. The number of hydrogen-bond acceptors (Lipinski definition) is 19. The molecule has 45 heavy (non-hydrogen) atoms. The number of aliphatic hydroxyl groups excluding tert-OH is 8. The third kappa shape index (κ3) is 10.4. The molecular formula is C22H37N2NaO19S. The Morgan fingerprint density at radius 3 is 1.82 bits per heavy atom. The minimum absolute atomic E-state index is 0. The van der Waals surface area contributed by atoms with E-state index in [0.29, 0.717) is 0 Å². The molecule has 256 valence electrons. The van der Waals surface area contributed by atoms with E-state index in [2.05, 4.69) is 14.8 Å². The molecule has 0 aromatic carbocycles. The normalized spacial score (nSPS) is 42.3. The second kappa shape index (κ2) is 17.1. The molecule has 0 aromatic heterocycles. The van der Waals surface area contributed by atoms with Crippen LogP contribution < -0.4 is 40.2 Å². The molecule has 0 spiro atoms. The quantitative estimate of drug-likeness (QED) is 0.0547. The maximum Gasteiger partial charge on any atom is 1.00 e. The van der Waals surface area contributed by atoms with E-state index in [1.54, 1.807) is 0 Å². The molecule has 0 saturated carbocycles. The summed E-state index contributed by atoms with van der Waals surface area (Å²) in [6.07, 6.45) is -23.0. The maximum atomic E-state index is 11.8. The monoisotopic (exact) mass is 688 g/mol. The Morgan fingerprint density at radius 1 is 0.733 bits per heavy atom. The van der Waals surface area contributed by atoms with Gasteiger partial charge < -0.3 is 79.7 Å². The third-order valence-corrected chi connectivity index (χ3v) is 7.50. The molecule has 23 heteroatoms. The molecule has 3 saturated heterocycles. The van der Waals surface area contributed by atoms with Crippen LogP contribution >= 0.6 is 0 Å². The molecule has 3 fully saturated rings. The summed E-state index contributed by atoms with van der Waals surface area (Å²) in [5.41, 5.74) is 0. The summed E-state index contributed by atoms with van der Waals surface area (Å²) in [6.45, 7) is -0.379. The van der Waals surface area contributed by atoms with Gasteiger partial charge in [0.15, 0.2) is 18.9 Å². The van der Waals surface area contributed by atoms with E-state index in [4.69, 9.17) is 23.7 Å². The van der Waals surface area contributed by atoms with Crippen molar-refractivity contribution < 1.29 is 121 Å². The van der Waals surface area contributed by atoms with Gasteiger partial charge >= 0.3 is 29.6 Å². The number of amides is 2. The van der Waals surface area contributed by atoms with Crippen molar-refractivity contribution in [2.24, 2.45) is 0 Å². The van der Waals surface area contributed by atoms with Gasteiger partial charge in [0.25, 0.3) is 0 Å². The van der Waals surface area contributed by atoms with E-state index in [-0.39, 0.29) is 29.6 Å². The molecule has 3 rings (SSSR count). The van der Waals surface area contributed by atoms with Crippen molar-refractivity contribution >= 4 is 22.2 Å². The Bertz CT molecular complexity index is 1090. The van der Waals surface area contributed by atoms with E-state index in [1.807, 2.05) is 0 Å². The fourth-order valence-electron chi connectivity index (χ4n) is 4.90. The van der Waals surface area contributed by atoms with Crippen LogP contribution in [0.2, 0.25) is 0 Å². The maximum absolute atomic E-state index is 11.8. The molecule has 2 amide bonds. The van der Waals surface area contributed by atoms with Gasteiger partial charge in [-0.2, -0.15) is 0 Å². The summed E-state index contributed by atoms with van der Waals surface area (Å²) >= 11 is 0. The summed E-state index contributed by atoms with van der Waals surface area (Å²) < 4.78 is 63.9. The SMILES string of the molecule is CC(=O)N[C@@H]1[C@@H](O[C@@H]2O[C@H](COS(=O)(=O)[O-])[C@@H](O)[C@H](O)[C@H]2O)[C@@H](O)[C@@H](CO[C@@H]2O[C@H](CO)[C@H](O)[C@H](O)[C@H]2NC(C)=O)O[C@H]1O.[Na+]. The van der Waals surface area contributed by atoms with Crippen LogP contribution in [0, 0.1) is 0 Å². The number of nitrogens with one attached hydrogen (secondary N) is 2. The van der Waals surface area contributed by atoms with Crippen LogP contribution in [0.3, 0.4) is 0 Å². The first-order chi connectivity index (χ1) is 20.4. The van der Waals surface area contributed by atoms with Gasteiger partial charge in [-0.3, -0.25) is 13.8 Å². The van der Waals surface area contributed by atoms with Crippen molar-refractivity contribution in [3.05, 3.63) is 0 Å². The summed E-state index contributed by atoms with van der Waals surface area (Å²) in [6, 6.07) is -2.94. The van der Waals surface area contributed by atoms with Crippen molar-refractivity contribution in [3.63, 3.8) is 0 Å². The molecule has 3 aliphatic heterocycles. The Labute approximate surface area is 278 Å². The molecule has 10 N–H and O–H groups in total. The number of rotatable bonds is 11. The predicted molar refractivity (Wildman–Crippen MR) is 133 cm³/mol. The summed E-state index contributed by atoms with van der Waals surface area (Å²) in [4.78, 5) is 23.5. The van der Waals surface area contributed by atoms with Crippen molar-refractivity contribution in [2.75, 3.05) is 19.8 Å². The first-order valence-corrected chi connectivity index (χ1v) is 14.5. The number of carbonyl (C=O) groups is 2. The molecule has 0 unspecified atom stereocenters. The van der Waals surface area contributed by atoms with Crippen LogP contribution in [0.25, 0.3) is 0 Å². The van der Waals surface area contributed by atoms with E-state index >= 15 is 0 Å². The van der Waals surface area contributed by atoms with Crippen molar-refractivity contribution in [1.82, 2.24) is 10.6 Å². The molecule has 0 aromatic rings. The first kappa shape index (κ1) is 40.5. The van der Waals surface area contributed by atoms with E-state index in [0.717, 1.165) is 13.8 Å². The second-order valence-electron chi connectivity index (χ2n) is 10.4. The number of carbonyl (C=O) groups excluding carboxylic acids is 2. The number of aliphatic hydroxyl groups is 8. The van der Waals surface area contributed by atoms with Gasteiger partial charge in [-0.1, -0.05) is 0 Å². The zero-order chi connectivity index (χ0) is 33.1.